The SMILES string of the molecule is C/C=C(/C=C(/C)S)c1oc(-c2ccccc2Br)cc1-c1cc(C)sc1C. The molecule has 134 valence electrons. The van der Waals surface area contributed by atoms with Crippen LogP contribution in [-0.2, 0) is 0 Å². The van der Waals surface area contributed by atoms with E-state index in [2.05, 4.69) is 66.7 Å². The molecule has 2 aromatic heterocycles. The molecule has 3 rings (SSSR count). The molecule has 0 bridgehead atoms. The number of hydrogen-bond acceptors (Lipinski definition) is 3. The predicted octanol–water partition coefficient (Wildman–Crippen LogP) is 8.29. The van der Waals surface area contributed by atoms with Gasteiger partial charge in [-0.05, 0) is 62.4 Å². The average molecular weight is 445 g/mol. The summed E-state index contributed by atoms with van der Waals surface area (Å²) in [7, 11) is 0. The highest BCUT2D eigenvalue weighted by Gasteiger charge is 2.20. The summed E-state index contributed by atoms with van der Waals surface area (Å²) in [5.41, 5.74) is 4.44. The highest BCUT2D eigenvalue weighted by molar-refractivity contribution is 9.10. The van der Waals surface area contributed by atoms with Gasteiger partial charge in [0.15, 0.2) is 0 Å². The second-order valence-electron chi connectivity index (χ2n) is 6.19. The summed E-state index contributed by atoms with van der Waals surface area (Å²) >= 11 is 9.91. The Morgan fingerprint density at radius 2 is 1.85 bits per heavy atom. The van der Waals surface area contributed by atoms with Crippen molar-refractivity contribution >= 4 is 45.5 Å². The molecule has 0 amide bonds. The largest absolute Gasteiger partial charge is 0.455 e. The first-order chi connectivity index (χ1) is 12.4. The molecule has 0 atom stereocenters. The van der Waals surface area contributed by atoms with Gasteiger partial charge in [0.25, 0.3) is 0 Å². The minimum Gasteiger partial charge on any atom is -0.455 e. The molecule has 3 aromatic rings. The third kappa shape index (κ3) is 3.93. The van der Waals surface area contributed by atoms with Crippen LogP contribution in [0.2, 0.25) is 0 Å². The molecule has 0 unspecified atom stereocenters. The number of allylic oxidation sites excluding steroid dienone is 4. The van der Waals surface area contributed by atoms with Crippen LogP contribution in [0.15, 0.2) is 62.3 Å². The number of thiol groups is 1. The zero-order valence-corrected chi connectivity index (χ0v) is 18.6. The Morgan fingerprint density at radius 1 is 1.12 bits per heavy atom. The van der Waals surface area contributed by atoms with E-state index in [1.165, 1.54) is 15.3 Å². The van der Waals surface area contributed by atoms with Crippen LogP contribution in [0.25, 0.3) is 28.0 Å². The Morgan fingerprint density at radius 3 is 2.42 bits per heavy atom. The van der Waals surface area contributed by atoms with Crippen molar-refractivity contribution in [2.75, 3.05) is 0 Å². The maximum absolute atomic E-state index is 6.38. The molecular weight excluding hydrogens is 424 g/mol. The summed E-state index contributed by atoms with van der Waals surface area (Å²) in [5, 5.41) is 0. The number of benzene rings is 1. The minimum absolute atomic E-state index is 0.857. The van der Waals surface area contributed by atoms with Crippen LogP contribution >= 0.6 is 39.9 Å². The lowest BCUT2D eigenvalue weighted by molar-refractivity contribution is 0.569. The number of hydrogen-bond donors (Lipinski definition) is 1. The smallest absolute Gasteiger partial charge is 0.142 e. The van der Waals surface area contributed by atoms with Crippen LogP contribution in [0, 0.1) is 13.8 Å². The van der Waals surface area contributed by atoms with Gasteiger partial charge in [0.05, 0.1) is 0 Å². The Kier molecular flexibility index (Phi) is 5.96. The van der Waals surface area contributed by atoms with E-state index < -0.39 is 0 Å². The highest BCUT2D eigenvalue weighted by Crippen LogP contribution is 2.42. The van der Waals surface area contributed by atoms with Gasteiger partial charge in [0, 0.05) is 30.9 Å². The number of aryl methyl sites for hydroxylation is 2. The summed E-state index contributed by atoms with van der Waals surface area (Å²) in [6.07, 6.45) is 4.12. The number of thiophene rings is 1. The number of furan rings is 1. The first kappa shape index (κ1) is 19.3. The molecule has 0 saturated heterocycles. The van der Waals surface area contributed by atoms with Gasteiger partial charge < -0.3 is 4.42 Å². The van der Waals surface area contributed by atoms with E-state index in [1.807, 2.05) is 49.5 Å². The van der Waals surface area contributed by atoms with Crippen molar-refractivity contribution in [3.05, 3.63) is 73.4 Å². The predicted molar refractivity (Wildman–Crippen MR) is 121 cm³/mol. The van der Waals surface area contributed by atoms with Gasteiger partial charge in [-0.2, -0.15) is 0 Å². The second-order valence-corrected chi connectivity index (χ2v) is 9.21. The van der Waals surface area contributed by atoms with Crippen LogP contribution in [0.5, 0.6) is 0 Å². The van der Waals surface area contributed by atoms with E-state index in [0.717, 1.165) is 37.6 Å². The van der Waals surface area contributed by atoms with Crippen molar-refractivity contribution in [3.8, 4) is 22.5 Å². The lowest BCUT2D eigenvalue weighted by Gasteiger charge is -2.04. The lowest BCUT2D eigenvalue weighted by atomic mass is 10.0. The molecule has 0 fully saturated rings. The summed E-state index contributed by atoms with van der Waals surface area (Å²) < 4.78 is 7.40. The van der Waals surface area contributed by atoms with E-state index >= 15 is 0 Å². The molecule has 0 aliphatic rings. The zero-order valence-electron chi connectivity index (χ0n) is 15.3. The fraction of sp³-hybridized carbons (Fsp3) is 0.182. The van der Waals surface area contributed by atoms with Crippen molar-refractivity contribution in [3.63, 3.8) is 0 Å². The maximum atomic E-state index is 6.38. The van der Waals surface area contributed by atoms with Crippen LogP contribution in [0.4, 0.5) is 0 Å². The van der Waals surface area contributed by atoms with Crippen LogP contribution < -0.4 is 0 Å². The monoisotopic (exact) mass is 444 g/mol. The van der Waals surface area contributed by atoms with Crippen molar-refractivity contribution < 1.29 is 4.42 Å². The van der Waals surface area contributed by atoms with Crippen LogP contribution in [0.1, 0.15) is 29.4 Å². The average Bonchev–Trinajstić information content (AvgIpc) is 3.15. The summed E-state index contributed by atoms with van der Waals surface area (Å²) in [4.78, 5) is 3.54. The molecule has 1 aromatic carbocycles. The fourth-order valence-corrected chi connectivity index (χ4v) is 4.56. The van der Waals surface area contributed by atoms with Gasteiger partial charge in [-0.1, -0.05) is 40.2 Å². The van der Waals surface area contributed by atoms with E-state index in [9.17, 15) is 0 Å². The third-order valence-electron chi connectivity index (χ3n) is 4.14. The van der Waals surface area contributed by atoms with Crippen molar-refractivity contribution in [1.82, 2.24) is 0 Å². The second kappa shape index (κ2) is 8.03. The van der Waals surface area contributed by atoms with E-state index in [1.54, 1.807) is 0 Å². The quantitative estimate of drug-likeness (QED) is 0.315. The fourth-order valence-electron chi connectivity index (χ4n) is 3.00. The van der Waals surface area contributed by atoms with Crippen LogP contribution in [-0.4, -0.2) is 0 Å². The lowest BCUT2D eigenvalue weighted by Crippen LogP contribution is -1.83. The summed E-state index contributed by atoms with van der Waals surface area (Å²) in [5.74, 6) is 1.74. The molecule has 1 nitrogen and oxygen atoms in total. The number of halogens is 1. The first-order valence-electron chi connectivity index (χ1n) is 8.40. The molecule has 0 aliphatic carbocycles. The molecule has 26 heavy (non-hydrogen) atoms. The molecule has 2 heterocycles. The van der Waals surface area contributed by atoms with Gasteiger partial charge in [0.2, 0.25) is 0 Å². The van der Waals surface area contributed by atoms with Crippen molar-refractivity contribution in [2.24, 2.45) is 0 Å². The Bertz CT molecular complexity index is 1000. The van der Waals surface area contributed by atoms with Gasteiger partial charge >= 0.3 is 0 Å². The van der Waals surface area contributed by atoms with E-state index in [-0.39, 0.29) is 0 Å². The zero-order chi connectivity index (χ0) is 18.8. The molecule has 0 radical (unpaired) electrons. The Balaban J connectivity index is 2.26. The van der Waals surface area contributed by atoms with Gasteiger partial charge in [0.1, 0.15) is 11.5 Å². The first-order valence-corrected chi connectivity index (χ1v) is 10.5. The molecule has 0 spiro atoms. The topological polar surface area (TPSA) is 13.1 Å². The summed E-state index contributed by atoms with van der Waals surface area (Å²) in [6.45, 7) is 8.31. The molecule has 0 aliphatic heterocycles. The number of rotatable bonds is 4. The van der Waals surface area contributed by atoms with Gasteiger partial charge in [-0.3, -0.25) is 0 Å². The molecule has 0 N–H and O–H groups in total. The van der Waals surface area contributed by atoms with E-state index in [0.29, 0.717) is 0 Å². The normalized spacial score (nSPS) is 12.7. The summed E-state index contributed by atoms with van der Waals surface area (Å²) in [6, 6.07) is 12.5. The third-order valence-corrected chi connectivity index (χ3v) is 5.93. The minimum atomic E-state index is 0.857. The van der Waals surface area contributed by atoms with Gasteiger partial charge in [-0.25, -0.2) is 0 Å². The maximum Gasteiger partial charge on any atom is 0.142 e. The van der Waals surface area contributed by atoms with E-state index in [4.69, 9.17) is 4.42 Å². The molecule has 4 heteroatoms. The Hall–Kier alpha value is -1.49. The van der Waals surface area contributed by atoms with Crippen molar-refractivity contribution in [2.45, 2.75) is 27.7 Å². The standard InChI is InChI=1S/C22H21BrOS2/c1-5-16(10-13(2)25)22-19(18-11-14(3)26-15(18)4)12-21(24-22)17-8-6-7-9-20(17)23/h5-12,25H,1-4H3/b13-10-,16-5-. The van der Waals surface area contributed by atoms with Gasteiger partial charge in [-0.15, -0.1) is 24.0 Å². The highest BCUT2D eigenvalue weighted by atomic mass is 79.9. The molecular formula is C22H21BrOS2. The van der Waals surface area contributed by atoms with Crippen molar-refractivity contribution in [1.29, 1.82) is 0 Å². The van der Waals surface area contributed by atoms with Crippen LogP contribution in [0.3, 0.4) is 0 Å². The Labute approximate surface area is 173 Å². The molecule has 0 saturated carbocycles.